The Kier molecular flexibility index (Phi) is 4.08. The molecule has 0 aromatic carbocycles. The number of hydrogen-bond donors (Lipinski definition) is 1. The van der Waals surface area contributed by atoms with E-state index in [0.717, 1.165) is 10.0 Å². The van der Waals surface area contributed by atoms with Gasteiger partial charge in [-0.3, -0.25) is 4.98 Å². The monoisotopic (exact) mass is 256 g/mol. The minimum atomic E-state index is 0.0694. The van der Waals surface area contributed by atoms with E-state index in [1.165, 1.54) is 0 Å². The van der Waals surface area contributed by atoms with Crippen LogP contribution in [0.5, 0.6) is 0 Å². The van der Waals surface area contributed by atoms with Crippen LogP contribution in [0.15, 0.2) is 22.9 Å². The molecule has 0 aliphatic carbocycles. The van der Waals surface area contributed by atoms with Crippen molar-refractivity contribution in [3.63, 3.8) is 0 Å². The summed E-state index contributed by atoms with van der Waals surface area (Å²) in [6, 6.07) is 2.11. The minimum Gasteiger partial charge on any atom is -0.324 e. The number of nitrogens with zero attached hydrogens (tertiary/aromatic N) is 1. The van der Waals surface area contributed by atoms with Gasteiger partial charge in [-0.15, -0.1) is 0 Å². The van der Waals surface area contributed by atoms with E-state index in [4.69, 9.17) is 5.73 Å². The molecule has 1 rings (SSSR count). The average Bonchev–Trinajstić information content (AvgIpc) is 2.15. The van der Waals surface area contributed by atoms with Crippen LogP contribution in [-0.2, 0) is 0 Å². The predicted molar refractivity (Wildman–Crippen MR) is 62.9 cm³/mol. The lowest BCUT2D eigenvalue weighted by molar-refractivity contribution is 0.352. The van der Waals surface area contributed by atoms with Crippen molar-refractivity contribution >= 4 is 15.9 Å². The summed E-state index contributed by atoms with van der Waals surface area (Å²) in [5, 5.41) is 0. The first-order chi connectivity index (χ1) is 6.52. The zero-order valence-electron chi connectivity index (χ0n) is 8.87. The molecule has 1 aromatic rings. The largest absolute Gasteiger partial charge is 0.324 e. The molecule has 0 aliphatic heterocycles. The molecular formula is C11H17BrN2. The smallest absolute Gasteiger partial charge is 0.0410 e. The van der Waals surface area contributed by atoms with Gasteiger partial charge in [-0.25, -0.2) is 0 Å². The highest BCUT2D eigenvalue weighted by Gasteiger charge is 2.18. The first kappa shape index (κ1) is 11.7. The van der Waals surface area contributed by atoms with E-state index in [0.29, 0.717) is 11.8 Å². The second-order valence-corrected chi connectivity index (χ2v) is 4.98. The summed E-state index contributed by atoms with van der Waals surface area (Å²) >= 11 is 3.40. The number of aromatic nitrogens is 1. The number of pyridine rings is 1. The van der Waals surface area contributed by atoms with Crippen LogP contribution in [-0.4, -0.2) is 4.98 Å². The van der Waals surface area contributed by atoms with Crippen molar-refractivity contribution in [1.29, 1.82) is 0 Å². The van der Waals surface area contributed by atoms with E-state index in [1.807, 2.05) is 12.3 Å². The van der Waals surface area contributed by atoms with Gasteiger partial charge in [0.25, 0.3) is 0 Å². The highest BCUT2D eigenvalue weighted by atomic mass is 79.9. The van der Waals surface area contributed by atoms with E-state index in [2.05, 4.69) is 41.7 Å². The van der Waals surface area contributed by atoms with E-state index in [9.17, 15) is 0 Å². The third-order valence-corrected chi connectivity index (χ3v) is 3.16. The Morgan fingerprint density at radius 3 is 2.43 bits per heavy atom. The van der Waals surface area contributed by atoms with Gasteiger partial charge in [-0.05, 0) is 39.4 Å². The van der Waals surface area contributed by atoms with E-state index < -0.39 is 0 Å². The van der Waals surface area contributed by atoms with Crippen LogP contribution in [0.25, 0.3) is 0 Å². The van der Waals surface area contributed by atoms with Crippen LogP contribution in [0, 0.1) is 11.8 Å². The van der Waals surface area contributed by atoms with Gasteiger partial charge in [0.15, 0.2) is 0 Å². The Hall–Kier alpha value is -0.410. The maximum atomic E-state index is 6.15. The average molecular weight is 257 g/mol. The number of rotatable bonds is 3. The van der Waals surface area contributed by atoms with Gasteiger partial charge in [-0.1, -0.05) is 20.8 Å². The molecule has 0 aliphatic rings. The van der Waals surface area contributed by atoms with E-state index >= 15 is 0 Å². The van der Waals surface area contributed by atoms with Gasteiger partial charge in [0.2, 0.25) is 0 Å². The molecule has 0 saturated carbocycles. The lowest BCUT2D eigenvalue weighted by Gasteiger charge is -2.23. The predicted octanol–water partition coefficient (Wildman–Crippen LogP) is 3.14. The van der Waals surface area contributed by atoms with Crippen LogP contribution < -0.4 is 5.73 Å². The molecule has 0 bridgehead atoms. The van der Waals surface area contributed by atoms with Gasteiger partial charge in [-0.2, -0.15) is 0 Å². The summed E-state index contributed by atoms with van der Waals surface area (Å²) in [6.45, 7) is 6.56. The minimum absolute atomic E-state index is 0.0694. The molecule has 14 heavy (non-hydrogen) atoms. The van der Waals surface area contributed by atoms with Crippen molar-refractivity contribution in [3.05, 3.63) is 28.5 Å². The molecule has 3 heteroatoms. The molecule has 1 heterocycles. The molecule has 0 amide bonds. The van der Waals surface area contributed by atoms with Gasteiger partial charge in [0.1, 0.15) is 0 Å². The zero-order valence-corrected chi connectivity index (χ0v) is 10.5. The van der Waals surface area contributed by atoms with Gasteiger partial charge in [0, 0.05) is 22.9 Å². The Bertz CT molecular complexity index is 299. The molecule has 2 atom stereocenters. The van der Waals surface area contributed by atoms with Crippen LogP contribution in [0.2, 0.25) is 0 Å². The highest BCUT2D eigenvalue weighted by molar-refractivity contribution is 9.10. The second kappa shape index (κ2) is 4.89. The summed E-state index contributed by atoms with van der Waals surface area (Å²) in [6.07, 6.45) is 3.62. The molecule has 0 radical (unpaired) electrons. The lowest BCUT2D eigenvalue weighted by atomic mass is 9.87. The fourth-order valence-corrected chi connectivity index (χ4v) is 1.71. The topological polar surface area (TPSA) is 38.9 Å². The maximum Gasteiger partial charge on any atom is 0.0410 e. The summed E-state index contributed by atoms with van der Waals surface area (Å²) in [5.41, 5.74) is 7.25. The van der Waals surface area contributed by atoms with Crippen molar-refractivity contribution in [2.75, 3.05) is 0 Å². The van der Waals surface area contributed by atoms with Crippen molar-refractivity contribution in [2.45, 2.75) is 26.8 Å². The first-order valence-corrected chi connectivity index (χ1v) is 5.67. The Labute approximate surface area is 94.0 Å². The zero-order chi connectivity index (χ0) is 10.7. The molecule has 0 spiro atoms. The maximum absolute atomic E-state index is 6.15. The first-order valence-electron chi connectivity index (χ1n) is 4.88. The Morgan fingerprint density at radius 2 is 1.93 bits per heavy atom. The van der Waals surface area contributed by atoms with E-state index in [-0.39, 0.29) is 6.04 Å². The lowest BCUT2D eigenvalue weighted by Crippen LogP contribution is -2.23. The molecule has 2 N–H and O–H groups in total. The van der Waals surface area contributed by atoms with Gasteiger partial charge < -0.3 is 5.73 Å². The third-order valence-electron chi connectivity index (χ3n) is 2.73. The van der Waals surface area contributed by atoms with Crippen LogP contribution in [0.4, 0.5) is 0 Å². The quantitative estimate of drug-likeness (QED) is 0.903. The molecule has 0 saturated heterocycles. The molecular weight excluding hydrogens is 240 g/mol. The summed E-state index contributed by atoms with van der Waals surface area (Å²) < 4.78 is 0.987. The van der Waals surface area contributed by atoms with Gasteiger partial charge in [0.05, 0.1) is 0 Å². The molecule has 2 nitrogen and oxygen atoms in total. The van der Waals surface area contributed by atoms with E-state index in [1.54, 1.807) is 6.20 Å². The highest BCUT2D eigenvalue weighted by Crippen LogP contribution is 2.26. The van der Waals surface area contributed by atoms with Crippen molar-refractivity contribution < 1.29 is 0 Å². The van der Waals surface area contributed by atoms with Crippen LogP contribution >= 0.6 is 15.9 Å². The summed E-state index contributed by atoms with van der Waals surface area (Å²) in [5.74, 6) is 1.05. The van der Waals surface area contributed by atoms with Crippen LogP contribution in [0.3, 0.4) is 0 Å². The summed E-state index contributed by atoms with van der Waals surface area (Å²) in [4.78, 5) is 4.12. The Morgan fingerprint density at radius 1 is 1.29 bits per heavy atom. The second-order valence-electron chi connectivity index (χ2n) is 4.07. The standard InChI is InChI=1S/C11H17BrN2/c1-7(2)8(3)11(13)9-4-10(12)6-14-5-9/h4-8,11H,13H2,1-3H3. The van der Waals surface area contributed by atoms with Crippen LogP contribution in [0.1, 0.15) is 32.4 Å². The fourth-order valence-electron chi connectivity index (χ4n) is 1.33. The number of nitrogens with two attached hydrogens (primary N) is 1. The van der Waals surface area contributed by atoms with Crippen molar-refractivity contribution in [2.24, 2.45) is 17.6 Å². The number of hydrogen-bond acceptors (Lipinski definition) is 2. The Balaban J connectivity index is 2.83. The molecule has 2 unspecified atom stereocenters. The molecule has 78 valence electrons. The van der Waals surface area contributed by atoms with Crippen molar-refractivity contribution in [1.82, 2.24) is 4.98 Å². The van der Waals surface area contributed by atoms with Gasteiger partial charge >= 0.3 is 0 Å². The molecule has 0 fully saturated rings. The third kappa shape index (κ3) is 2.79. The van der Waals surface area contributed by atoms with Crippen molar-refractivity contribution in [3.8, 4) is 0 Å². The molecule has 1 aromatic heterocycles. The number of halogens is 1. The SMILES string of the molecule is CC(C)C(C)C(N)c1cncc(Br)c1. The summed E-state index contributed by atoms with van der Waals surface area (Å²) in [7, 11) is 0. The fraction of sp³-hybridized carbons (Fsp3) is 0.545. The normalized spacial score (nSPS) is 15.6.